The molecule has 8 atom stereocenters. The van der Waals surface area contributed by atoms with E-state index in [1.165, 1.54) is 0 Å². The Morgan fingerprint density at radius 1 is 1.22 bits per heavy atom. The third kappa shape index (κ3) is 2.44. The third-order valence-corrected chi connectivity index (χ3v) is 7.74. The average molecular weight is 373 g/mol. The van der Waals surface area contributed by atoms with E-state index >= 15 is 0 Å². The van der Waals surface area contributed by atoms with Crippen LogP contribution in [0, 0.1) is 23.2 Å². The lowest BCUT2D eigenvalue weighted by molar-refractivity contribution is -0.147. The number of ketones is 1. The molecule has 5 heteroatoms. The quantitative estimate of drug-likeness (QED) is 0.389. The number of aliphatic hydroxyl groups excluding tert-OH is 1. The zero-order chi connectivity index (χ0) is 19.7. The normalized spacial score (nSPS) is 49.7. The largest absolute Gasteiger partial charge is 0.388 e. The van der Waals surface area contributed by atoms with Crippen LogP contribution in [-0.2, 0) is 14.3 Å². The van der Waals surface area contributed by atoms with Crippen molar-refractivity contribution in [2.24, 2.45) is 23.2 Å². The molecule has 0 aromatic heterocycles. The highest BCUT2D eigenvalue weighted by Gasteiger charge is 2.66. The lowest BCUT2D eigenvalue weighted by Crippen LogP contribution is -2.55. The number of amides is 1. The zero-order valence-electron chi connectivity index (χ0n) is 16.9. The van der Waals surface area contributed by atoms with Crippen LogP contribution in [0.15, 0.2) is 23.3 Å². The Bertz CT molecular complexity index is 755. The lowest BCUT2D eigenvalue weighted by atomic mass is 9.55. The van der Waals surface area contributed by atoms with Gasteiger partial charge in [-0.3, -0.25) is 9.59 Å². The van der Waals surface area contributed by atoms with Crippen molar-refractivity contribution >= 4 is 11.7 Å². The van der Waals surface area contributed by atoms with Crippen molar-refractivity contribution in [1.29, 1.82) is 0 Å². The van der Waals surface area contributed by atoms with Gasteiger partial charge in [0.15, 0.2) is 0 Å². The van der Waals surface area contributed by atoms with Crippen LogP contribution in [0.25, 0.3) is 0 Å². The summed E-state index contributed by atoms with van der Waals surface area (Å²) in [5.41, 5.74) is 0.375. The number of allylic oxidation sites excluding steroid dienone is 1. The van der Waals surface area contributed by atoms with Crippen molar-refractivity contribution in [2.45, 2.75) is 77.7 Å². The SMILES string of the molecule is CC1=C(C)C2C(C)NC(=O)C23C(=O)CCC2(C)OC2C(C)CC=CC3C1O. The van der Waals surface area contributed by atoms with Gasteiger partial charge in [-0.25, -0.2) is 0 Å². The minimum atomic E-state index is -1.22. The van der Waals surface area contributed by atoms with E-state index in [0.29, 0.717) is 18.8 Å². The first-order chi connectivity index (χ1) is 12.6. The van der Waals surface area contributed by atoms with Gasteiger partial charge in [-0.1, -0.05) is 24.6 Å². The topological polar surface area (TPSA) is 78.9 Å². The molecule has 0 saturated carbocycles. The monoisotopic (exact) mass is 373 g/mol. The van der Waals surface area contributed by atoms with Gasteiger partial charge in [0.1, 0.15) is 11.2 Å². The van der Waals surface area contributed by atoms with Gasteiger partial charge in [-0.2, -0.15) is 0 Å². The Labute approximate surface area is 161 Å². The molecule has 5 nitrogen and oxygen atoms in total. The summed E-state index contributed by atoms with van der Waals surface area (Å²) < 4.78 is 5.94. The number of ether oxygens (including phenoxy) is 1. The second-order valence-corrected chi connectivity index (χ2v) is 9.36. The summed E-state index contributed by atoms with van der Waals surface area (Å²) in [5, 5.41) is 14.1. The number of Topliss-reactive ketones (excluding diaryl/α,β-unsaturated/α-hetero) is 1. The predicted octanol–water partition coefficient (Wildman–Crippen LogP) is 2.54. The van der Waals surface area contributed by atoms with Crippen molar-refractivity contribution in [3.05, 3.63) is 23.3 Å². The molecule has 0 radical (unpaired) electrons. The summed E-state index contributed by atoms with van der Waals surface area (Å²) in [6, 6.07) is -0.121. The van der Waals surface area contributed by atoms with Crippen LogP contribution in [0.2, 0.25) is 0 Å². The Balaban J connectivity index is 1.85. The number of rotatable bonds is 0. The van der Waals surface area contributed by atoms with Gasteiger partial charge >= 0.3 is 0 Å². The number of carbonyl (C=O) groups excluding carboxylic acids is 2. The summed E-state index contributed by atoms with van der Waals surface area (Å²) in [5.74, 6) is -0.658. The Morgan fingerprint density at radius 2 is 1.93 bits per heavy atom. The molecule has 4 rings (SSSR count). The summed E-state index contributed by atoms with van der Waals surface area (Å²) in [6.07, 6.45) is 5.08. The number of hydrogen-bond acceptors (Lipinski definition) is 4. The molecular weight excluding hydrogens is 342 g/mol. The number of epoxide rings is 1. The first-order valence-corrected chi connectivity index (χ1v) is 10.2. The third-order valence-electron chi connectivity index (χ3n) is 7.74. The van der Waals surface area contributed by atoms with Crippen LogP contribution < -0.4 is 5.32 Å². The first-order valence-electron chi connectivity index (χ1n) is 10.2. The lowest BCUT2D eigenvalue weighted by Gasteiger charge is -2.45. The van der Waals surface area contributed by atoms with Crippen molar-refractivity contribution < 1.29 is 19.4 Å². The predicted molar refractivity (Wildman–Crippen MR) is 102 cm³/mol. The maximum absolute atomic E-state index is 13.6. The van der Waals surface area contributed by atoms with Crippen LogP contribution in [0.3, 0.4) is 0 Å². The van der Waals surface area contributed by atoms with Crippen molar-refractivity contribution in [2.75, 3.05) is 0 Å². The maximum atomic E-state index is 13.6. The summed E-state index contributed by atoms with van der Waals surface area (Å²) in [4.78, 5) is 26.9. The molecule has 2 saturated heterocycles. The van der Waals surface area contributed by atoms with Gasteiger partial charge in [0.25, 0.3) is 0 Å². The molecule has 2 fully saturated rings. The second-order valence-electron chi connectivity index (χ2n) is 9.36. The summed E-state index contributed by atoms with van der Waals surface area (Å²) >= 11 is 0. The summed E-state index contributed by atoms with van der Waals surface area (Å²) in [7, 11) is 0. The molecule has 1 spiro atoms. The highest BCUT2D eigenvalue weighted by molar-refractivity contribution is 6.09. The molecular formula is C22H31NO4. The molecule has 0 aromatic rings. The second kappa shape index (κ2) is 6.02. The highest BCUT2D eigenvalue weighted by Crippen LogP contribution is 2.56. The van der Waals surface area contributed by atoms with E-state index in [0.717, 1.165) is 17.6 Å². The number of nitrogens with one attached hydrogen (secondary N) is 1. The number of fused-ring (bicyclic) bond motifs is 1. The van der Waals surface area contributed by atoms with Gasteiger partial charge in [-0.05, 0) is 52.0 Å². The average Bonchev–Trinajstić information content (AvgIpc) is 3.22. The first kappa shape index (κ1) is 18.9. The van der Waals surface area contributed by atoms with Crippen LogP contribution in [0.4, 0.5) is 0 Å². The van der Waals surface area contributed by atoms with Crippen LogP contribution in [0.5, 0.6) is 0 Å². The molecule has 2 heterocycles. The Kier molecular flexibility index (Phi) is 4.21. The van der Waals surface area contributed by atoms with E-state index in [1.807, 2.05) is 32.9 Å². The smallest absolute Gasteiger partial charge is 0.235 e. The Hall–Kier alpha value is -1.46. The molecule has 1 amide bonds. The van der Waals surface area contributed by atoms with Gasteiger partial charge in [0.05, 0.1) is 17.8 Å². The standard InChI is InChI=1S/C22H31NO4/c1-11-7-6-8-15-18(25)13(3)12(2)17-14(4)23-20(26)22(15,17)16(24)9-10-21(5)19(11)27-21/h6,8,11,14-15,17-19,25H,7,9-10H2,1-5H3,(H,23,26). The fourth-order valence-corrected chi connectivity index (χ4v) is 6.07. The molecule has 0 bridgehead atoms. The van der Waals surface area contributed by atoms with Crippen LogP contribution in [0.1, 0.15) is 53.9 Å². The van der Waals surface area contributed by atoms with E-state index in [4.69, 9.17) is 4.74 Å². The Morgan fingerprint density at radius 3 is 2.63 bits per heavy atom. The zero-order valence-corrected chi connectivity index (χ0v) is 16.9. The van der Waals surface area contributed by atoms with E-state index in [1.54, 1.807) is 0 Å². The molecule has 27 heavy (non-hydrogen) atoms. The molecule has 2 aliphatic carbocycles. The number of carbonyl (C=O) groups is 2. The van der Waals surface area contributed by atoms with Gasteiger partial charge in [0, 0.05) is 24.3 Å². The van der Waals surface area contributed by atoms with E-state index < -0.39 is 17.4 Å². The van der Waals surface area contributed by atoms with Crippen molar-refractivity contribution in [3.8, 4) is 0 Å². The van der Waals surface area contributed by atoms with Gasteiger partial charge in [0.2, 0.25) is 5.91 Å². The van der Waals surface area contributed by atoms with Gasteiger partial charge in [-0.15, -0.1) is 0 Å². The molecule has 2 aliphatic heterocycles. The fraction of sp³-hybridized carbons (Fsp3) is 0.727. The molecule has 148 valence electrons. The fourth-order valence-electron chi connectivity index (χ4n) is 6.07. The maximum Gasteiger partial charge on any atom is 0.235 e. The van der Waals surface area contributed by atoms with Crippen LogP contribution >= 0.6 is 0 Å². The summed E-state index contributed by atoms with van der Waals surface area (Å²) in [6.45, 7) is 10.1. The van der Waals surface area contributed by atoms with E-state index in [2.05, 4.69) is 19.2 Å². The molecule has 4 aliphatic rings. The van der Waals surface area contributed by atoms with Crippen LogP contribution in [-0.4, -0.2) is 40.6 Å². The molecule has 0 aromatic carbocycles. The minimum absolute atomic E-state index is 0.0556. The highest BCUT2D eigenvalue weighted by atomic mass is 16.6. The minimum Gasteiger partial charge on any atom is -0.388 e. The number of aliphatic hydroxyl groups is 1. The van der Waals surface area contributed by atoms with Gasteiger partial charge < -0.3 is 15.2 Å². The molecule has 8 unspecified atom stereocenters. The van der Waals surface area contributed by atoms with Crippen molar-refractivity contribution in [1.82, 2.24) is 5.32 Å². The van der Waals surface area contributed by atoms with E-state index in [9.17, 15) is 14.7 Å². The van der Waals surface area contributed by atoms with Crippen molar-refractivity contribution in [3.63, 3.8) is 0 Å². The molecule has 2 N–H and O–H groups in total. The number of hydrogen-bond donors (Lipinski definition) is 2. The van der Waals surface area contributed by atoms with E-state index in [-0.39, 0.29) is 35.4 Å².